The number of rotatable bonds is 12. The number of carbonyl (C=O) groups is 2. The van der Waals surface area contributed by atoms with E-state index < -0.39 is 0 Å². The summed E-state index contributed by atoms with van der Waals surface area (Å²) in [4.78, 5) is 23.7. The third kappa shape index (κ3) is 7.67. The summed E-state index contributed by atoms with van der Waals surface area (Å²) in [6.45, 7) is 8.87. The molecule has 0 bridgehead atoms. The number of thiol groups is 1. The standard InChI is InChI=1S/C20H37N3O3S2/c1-19(2,9-11-26-20(3,4)10-12-27)23-16(24)8-6-5-7-15-17-14(13-28-15)21-18(25)22-17/h14-15,17,27H,5-13H2,1-4H3,(H,23,24)(H2,21,22,25). The molecular formula is C20H37N3O3S2. The van der Waals surface area contributed by atoms with E-state index in [1.807, 2.05) is 25.6 Å². The highest BCUT2D eigenvalue weighted by Crippen LogP contribution is 2.33. The number of hydrogen-bond donors (Lipinski definition) is 4. The monoisotopic (exact) mass is 431 g/mol. The minimum atomic E-state index is -0.275. The van der Waals surface area contributed by atoms with Gasteiger partial charge in [0.1, 0.15) is 0 Å². The molecule has 28 heavy (non-hydrogen) atoms. The Bertz CT molecular complexity index is 543. The third-order valence-corrected chi connectivity index (χ3v) is 7.22. The van der Waals surface area contributed by atoms with Crippen LogP contribution >= 0.6 is 24.4 Å². The van der Waals surface area contributed by atoms with Crippen LogP contribution in [0, 0.1) is 0 Å². The Labute approximate surface area is 179 Å². The molecule has 2 aliphatic rings. The molecule has 2 rings (SSSR count). The van der Waals surface area contributed by atoms with E-state index in [1.54, 1.807) is 0 Å². The molecule has 0 spiro atoms. The smallest absolute Gasteiger partial charge is 0.315 e. The highest BCUT2D eigenvalue weighted by atomic mass is 32.2. The van der Waals surface area contributed by atoms with Crippen molar-refractivity contribution >= 4 is 36.3 Å². The van der Waals surface area contributed by atoms with Gasteiger partial charge in [-0.05, 0) is 59.1 Å². The largest absolute Gasteiger partial charge is 0.375 e. The summed E-state index contributed by atoms with van der Waals surface area (Å²) in [5.74, 6) is 1.89. The van der Waals surface area contributed by atoms with Gasteiger partial charge in [-0.2, -0.15) is 24.4 Å². The van der Waals surface area contributed by atoms with Crippen molar-refractivity contribution in [3.63, 3.8) is 0 Å². The first-order valence-electron chi connectivity index (χ1n) is 10.4. The highest BCUT2D eigenvalue weighted by molar-refractivity contribution is 8.00. The Morgan fingerprint density at radius 1 is 1.25 bits per heavy atom. The third-order valence-electron chi connectivity index (χ3n) is 5.49. The first-order chi connectivity index (χ1) is 13.1. The lowest BCUT2D eigenvalue weighted by atomic mass is 9.99. The van der Waals surface area contributed by atoms with Gasteiger partial charge in [0.25, 0.3) is 0 Å². The van der Waals surface area contributed by atoms with Crippen molar-refractivity contribution in [1.29, 1.82) is 0 Å². The van der Waals surface area contributed by atoms with E-state index in [1.165, 1.54) is 0 Å². The molecule has 3 amide bonds. The molecule has 0 aromatic heterocycles. The van der Waals surface area contributed by atoms with Crippen LogP contribution in [0.3, 0.4) is 0 Å². The molecule has 2 heterocycles. The number of ether oxygens (including phenoxy) is 1. The molecule has 6 nitrogen and oxygen atoms in total. The van der Waals surface area contributed by atoms with Crippen LogP contribution in [-0.2, 0) is 9.53 Å². The predicted molar refractivity (Wildman–Crippen MR) is 119 cm³/mol. The Morgan fingerprint density at radius 2 is 2.00 bits per heavy atom. The second kappa shape index (κ2) is 10.4. The van der Waals surface area contributed by atoms with Gasteiger partial charge in [-0.1, -0.05) is 6.42 Å². The molecule has 2 saturated heterocycles. The molecule has 3 atom stereocenters. The van der Waals surface area contributed by atoms with Crippen molar-refractivity contribution in [3.05, 3.63) is 0 Å². The normalized spacial score (nSPS) is 24.6. The lowest BCUT2D eigenvalue weighted by Gasteiger charge is -2.30. The highest BCUT2D eigenvalue weighted by Gasteiger charge is 2.42. The summed E-state index contributed by atoms with van der Waals surface area (Å²) < 4.78 is 5.95. The number of amides is 3. The van der Waals surface area contributed by atoms with Crippen molar-refractivity contribution in [1.82, 2.24) is 16.0 Å². The maximum atomic E-state index is 12.3. The van der Waals surface area contributed by atoms with Crippen LogP contribution in [0.2, 0.25) is 0 Å². The fourth-order valence-electron chi connectivity index (χ4n) is 3.70. The van der Waals surface area contributed by atoms with Gasteiger partial charge in [0.2, 0.25) is 5.91 Å². The van der Waals surface area contributed by atoms with E-state index >= 15 is 0 Å². The predicted octanol–water partition coefficient (Wildman–Crippen LogP) is 3.11. The van der Waals surface area contributed by atoms with E-state index in [2.05, 4.69) is 42.4 Å². The number of fused-ring (bicyclic) bond motifs is 1. The first kappa shape index (κ1) is 23.7. The van der Waals surface area contributed by atoms with Crippen LogP contribution < -0.4 is 16.0 Å². The Kier molecular flexibility index (Phi) is 8.82. The maximum absolute atomic E-state index is 12.3. The van der Waals surface area contributed by atoms with E-state index in [0.717, 1.165) is 43.6 Å². The average molecular weight is 432 g/mol. The summed E-state index contributed by atoms with van der Waals surface area (Å²) >= 11 is 6.19. The van der Waals surface area contributed by atoms with Gasteiger partial charge in [0, 0.05) is 29.6 Å². The summed E-state index contributed by atoms with van der Waals surface area (Å²) in [5.41, 5.74) is -0.449. The lowest BCUT2D eigenvalue weighted by Crippen LogP contribution is -2.44. The maximum Gasteiger partial charge on any atom is 0.315 e. The van der Waals surface area contributed by atoms with Gasteiger partial charge < -0.3 is 20.7 Å². The Morgan fingerprint density at radius 3 is 2.71 bits per heavy atom. The second-order valence-electron chi connectivity index (χ2n) is 9.13. The van der Waals surface area contributed by atoms with Crippen molar-refractivity contribution in [2.24, 2.45) is 0 Å². The van der Waals surface area contributed by atoms with E-state index in [-0.39, 0.29) is 35.2 Å². The number of thioether (sulfide) groups is 1. The first-order valence-corrected chi connectivity index (χ1v) is 12.0. The second-order valence-corrected chi connectivity index (χ2v) is 10.9. The molecule has 0 radical (unpaired) electrons. The average Bonchev–Trinajstić information content (AvgIpc) is 3.10. The Balaban J connectivity index is 1.59. The van der Waals surface area contributed by atoms with Crippen LogP contribution in [-0.4, -0.2) is 58.5 Å². The van der Waals surface area contributed by atoms with E-state index in [9.17, 15) is 9.59 Å². The molecular weight excluding hydrogens is 394 g/mol. The summed E-state index contributed by atoms with van der Waals surface area (Å²) in [5, 5.41) is 9.58. The summed E-state index contributed by atoms with van der Waals surface area (Å²) in [7, 11) is 0. The van der Waals surface area contributed by atoms with Gasteiger partial charge in [-0.25, -0.2) is 4.79 Å². The molecule has 8 heteroatoms. The van der Waals surface area contributed by atoms with Crippen LogP contribution in [0.4, 0.5) is 4.79 Å². The van der Waals surface area contributed by atoms with E-state index in [0.29, 0.717) is 18.3 Å². The number of carbonyl (C=O) groups excluding carboxylic acids is 2. The van der Waals surface area contributed by atoms with Crippen molar-refractivity contribution in [2.45, 2.75) is 94.7 Å². The number of hydrogen-bond acceptors (Lipinski definition) is 5. The van der Waals surface area contributed by atoms with Crippen LogP contribution in [0.25, 0.3) is 0 Å². The summed E-state index contributed by atoms with van der Waals surface area (Å²) in [6.07, 6.45) is 5.16. The zero-order chi connectivity index (χ0) is 20.8. The number of unbranched alkanes of at least 4 members (excludes halogenated alkanes) is 1. The molecule has 3 unspecified atom stereocenters. The van der Waals surface area contributed by atoms with E-state index in [4.69, 9.17) is 4.74 Å². The van der Waals surface area contributed by atoms with Gasteiger partial charge >= 0.3 is 6.03 Å². The van der Waals surface area contributed by atoms with Crippen LogP contribution in [0.1, 0.15) is 66.2 Å². The fourth-order valence-corrected chi connectivity index (χ4v) is 5.78. The molecule has 0 aromatic rings. The van der Waals surface area contributed by atoms with Crippen molar-refractivity contribution in [2.75, 3.05) is 18.1 Å². The van der Waals surface area contributed by atoms with Gasteiger partial charge in [-0.15, -0.1) is 0 Å². The molecule has 0 aromatic carbocycles. The molecule has 0 aliphatic carbocycles. The summed E-state index contributed by atoms with van der Waals surface area (Å²) in [6, 6.07) is 0.475. The molecule has 2 aliphatic heterocycles. The lowest BCUT2D eigenvalue weighted by molar-refractivity contribution is -0.123. The number of nitrogens with one attached hydrogen (secondary N) is 3. The Hall–Kier alpha value is -0.600. The molecule has 3 N–H and O–H groups in total. The zero-order valence-corrected chi connectivity index (χ0v) is 19.4. The minimum Gasteiger partial charge on any atom is -0.375 e. The van der Waals surface area contributed by atoms with Gasteiger partial charge in [0.15, 0.2) is 0 Å². The van der Waals surface area contributed by atoms with Crippen LogP contribution in [0.5, 0.6) is 0 Å². The van der Waals surface area contributed by atoms with Crippen molar-refractivity contribution in [3.8, 4) is 0 Å². The fraction of sp³-hybridized carbons (Fsp3) is 0.900. The topological polar surface area (TPSA) is 79.5 Å². The zero-order valence-electron chi connectivity index (χ0n) is 17.7. The SMILES string of the molecule is CC(C)(CCOC(C)(C)CCS)NC(=O)CCCCC1SCC2NC(=O)NC21. The van der Waals surface area contributed by atoms with Crippen LogP contribution in [0.15, 0.2) is 0 Å². The molecule has 2 fully saturated rings. The van der Waals surface area contributed by atoms with Gasteiger partial charge in [-0.3, -0.25) is 4.79 Å². The number of urea groups is 1. The molecule has 0 saturated carbocycles. The van der Waals surface area contributed by atoms with Crippen molar-refractivity contribution < 1.29 is 14.3 Å². The van der Waals surface area contributed by atoms with Gasteiger partial charge in [0.05, 0.1) is 17.7 Å². The molecule has 162 valence electrons. The minimum absolute atomic E-state index is 0.0418. The quantitative estimate of drug-likeness (QED) is 0.217.